The van der Waals surface area contributed by atoms with Gasteiger partial charge in [-0.2, -0.15) is 0 Å². The first kappa shape index (κ1) is 14.0. The minimum Gasteiger partial charge on any atom is -0.481 e. The topological polar surface area (TPSA) is 66.8 Å². The Morgan fingerprint density at radius 2 is 2.06 bits per heavy atom. The van der Waals surface area contributed by atoms with Crippen molar-refractivity contribution in [3.05, 3.63) is 0 Å². The predicted molar refractivity (Wildman–Crippen MR) is 62.6 cm³/mol. The van der Waals surface area contributed by atoms with Crippen molar-refractivity contribution in [2.75, 3.05) is 13.7 Å². The number of hydrogen-bond donors (Lipinski definition) is 1. The lowest BCUT2D eigenvalue weighted by molar-refractivity contribution is -0.151. The van der Waals surface area contributed by atoms with E-state index in [-0.39, 0.29) is 24.5 Å². The Kier molecular flexibility index (Phi) is 4.14. The molecule has 0 aliphatic carbocycles. The minimum atomic E-state index is -1.02. The van der Waals surface area contributed by atoms with E-state index in [9.17, 15) is 9.59 Å². The average molecular weight is 243 g/mol. The van der Waals surface area contributed by atoms with Gasteiger partial charge in [0.05, 0.1) is 17.6 Å². The van der Waals surface area contributed by atoms with E-state index in [1.54, 1.807) is 25.8 Å². The molecule has 98 valence electrons. The van der Waals surface area contributed by atoms with Gasteiger partial charge in [-0.1, -0.05) is 0 Å². The molecule has 1 saturated heterocycles. The predicted octanol–water partition coefficient (Wildman–Crippen LogP) is 1.12. The van der Waals surface area contributed by atoms with Crippen LogP contribution in [0.25, 0.3) is 0 Å². The average Bonchev–Trinajstić information content (AvgIpc) is 2.62. The Hall–Kier alpha value is -1.10. The summed E-state index contributed by atoms with van der Waals surface area (Å²) in [5, 5.41) is 8.99. The molecule has 0 aromatic rings. The number of ether oxygens (including phenoxy) is 1. The summed E-state index contributed by atoms with van der Waals surface area (Å²) in [4.78, 5) is 24.6. The van der Waals surface area contributed by atoms with Gasteiger partial charge in [0.15, 0.2) is 0 Å². The monoisotopic (exact) mass is 243 g/mol. The molecule has 2 atom stereocenters. The second-order valence-electron chi connectivity index (χ2n) is 5.30. The van der Waals surface area contributed by atoms with E-state index in [2.05, 4.69) is 0 Å². The van der Waals surface area contributed by atoms with Crippen molar-refractivity contribution in [2.45, 2.75) is 45.8 Å². The molecule has 1 rings (SSSR count). The smallest absolute Gasteiger partial charge is 0.309 e. The molecule has 0 saturated carbocycles. The summed E-state index contributed by atoms with van der Waals surface area (Å²) >= 11 is 0. The van der Waals surface area contributed by atoms with Crippen LogP contribution in [0, 0.1) is 5.41 Å². The number of nitrogens with zero attached hydrogens (tertiary/aromatic N) is 1. The Morgan fingerprint density at radius 1 is 1.47 bits per heavy atom. The number of rotatable bonds is 4. The first-order valence-electron chi connectivity index (χ1n) is 5.86. The van der Waals surface area contributed by atoms with Crippen LogP contribution in [-0.2, 0) is 14.3 Å². The Bertz CT molecular complexity index is 314. The van der Waals surface area contributed by atoms with Gasteiger partial charge in [0.25, 0.3) is 0 Å². The second kappa shape index (κ2) is 5.04. The van der Waals surface area contributed by atoms with E-state index in [0.29, 0.717) is 6.61 Å². The zero-order chi connectivity index (χ0) is 13.2. The van der Waals surface area contributed by atoms with Gasteiger partial charge in [-0.15, -0.1) is 0 Å². The molecule has 0 aromatic carbocycles. The van der Waals surface area contributed by atoms with Gasteiger partial charge in [-0.25, -0.2) is 0 Å². The number of amides is 1. The van der Waals surface area contributed by atoms with Crippen molar-refractivity contribution in [1.82, 2.24) is 4.90 Å². The largest absolute Gasteiger partial charge is 0.481 e. The van der Waals surface area contributed by atoms with Crippen LogP contribution in [0.3, 0.4) is 0 Å². The maximum Gasteiger partial charge on any atom is 0.309 e. The molecule has 2 unspecified atom stereocenters. The van der Waals surface area contributed by atoms with Crippen LogP contribution in [-0.4, -0.2) is 47.7 Å². The zero-order valence-corrected chi connectivity index (χ0v) is 10.9. The highest BCUT2D eigenvalue weighted by Crippen LogP contribution is 2.24. The number of carboxylic acids is 1. The highest BCUT2D eigenvalue weighted by molar-refractivity contribution is 5.84. The molecule has 5 heteroatoms. The Labute approximate surface area is 102 Å². The van der Waals surface area contributed by atoms with Crippen molar-refractivity contribution in [3.63, 3.8) is 0 Å². The molecule has 1 aliphatic heterocycles. The Balaban J connectivity index is 2.61. The Morgan fingerprint density at radius 3 is 2.47 bits per heavy atom. The first-order chi connectivity index (χ1) is 7.75. The standard InChI is InChI=1S/C12H21NO4/c1-8-9(5-6-17-8)13(4)10(14)7-12(2,3)11(15)16/h8-9H,5-7H2,1-4H3,(H,15,16). The second-order valence-corrected chi connectivity index (χ2v) is 5.30. The fourth-order valence-electron chi connectivity index (χ4n) is 1.99. The number of carboxylic acid groups (broad SMARTS) is 1. The number of carbonyl (C=O) groups is 2. The molecule has 1 amide bonds. The summed E-state index contributed by atoms with van der Waals surface area (Å²) in [6.45, 7) is 5.72. The van der Waals surface area contributed by atoms with Gasteiger partial charge < -0.3 is 14.7 Å². The van der Waals surface area contributed by atoms with Gasteiger partial charge in [-0.05, 0) is 27.2 Å². The van der Waals surface area contributed by atoms with Crippen molar-refractivity contribution >= 4 is 11.9 Å². The van der Waals surface area contributed by atoms with Crippen molar-refractivity contribution in [2.24, 2.45) is 5.41 Å². The fourth-order valence-corrected chi connectivity index (χ4v) is 1.99. The minimum absolute atomic E-state index is 0.0159. The molecular formula is C12H21NO4. The lowest BCUT2D eigenvalue weighted by Gasteiger charge is -2.29. The maximum atomic E-state index is 12.0. The van der Waals surface area contributed by atoms with Gasteiger partial charge in [0.1, 0.15) is 0 Å². The molecule has 5 nitrogen and oxygen atoms in total. The van der Waals surface area contributed by atoms with Crippen molar-refractivity contribution < 1.29 is 19.4 Å². The van der Waals surface area contributed by atoms with Crippen molar-refractivity contribution in [1.29, 1.82) is 0 Å². The van der Waals surface area contributed by atoms with Crippen LogP contribution in [0.1, 0.15) is 33.6 Å². The quantitative estimate of drug-likeness (QED) is 0.803. The van der Waals surface area contributed by atoms with Crippen molar-refractivity contribution in [3.8, 4) is 0 Å². The van der Waals surface area contributed by atoms with Gasteiger partial charge in [0.2, 0.25) is 5.91 Å². The van der Waals surface area contributed by atoms with Crippen LogP contribution in [0.4, 0.5) is 0 Å². The first-order valence-corrected chi connectivity index (χ1v) is 5.86. The molecule has 0 spiro atoms. The van der Waals surface area contributed by atoms with E-state index < -0.39 is 11.4 Å². The molecule has 1 N–H and O–H groups in total. The zero-order valence-electron chi connectivity index (χ0n) is 10.9. The molecule has 17 heavy (non-hydrogen) atoms. The summed E-state index contributed by atoms with van der Waals surface area (Å²) in [6.07, 6.45) is 0.857. The molecule has 1 heterocycles. The number of hydrogen-bond acceptors (Lipinski definition) is 3. The van der Waals surface area contributed by atoms with Crippen LogP contribution in [0.5, 0.6) is 0 Å². The van der Waals surface area contributed by atoms with E-state index in [1.165, 1.54) is 0 Å². The van der Waals surface area contributed by atoms with Crippen LogP contribution < -0.4 is 0 Å². The third kappa shape index (κ3) is 3.19. The lowest BCUT2D eigenvalue weighted by Crippen LogP contribution is -2.43. The molecule has 0 bridgehead atoms. The third-order valence-electron chi connectivity index (χ3n) is 3.40. The van der Waals surface area contributed by atoms with E-state index >= 15 is 0 Å². The number of likely N-dealkylation sites (N-methyl/N-ethyl adjacent to an activating group) is 1. The van der Waals surface area contributed by atoms with E-state index in [0.717, 1.165) is 6.42 Å². The molecular weight excluding hydrogens is 222 g/mol. The molecule has 1 aliphatic rings. The van der Waals surface area contributed by atoms with Gasteiger partial charge in [0, 0.05) is 20.1 Å². The fraction of sp³-hybridized carbons (Fsp3) is 0.833. The SMILES string of the molecule is CC1OCCC1N(C)C(=O)CC(C)(C)C(=O)O. The maximum absolute atomic E-state index is 12.0. The van der Waals surface area contributed by atoms with E-state index in [1.807, 2.05) is 6.92 Å². The normalized spacial score (nSPS) is 24.7. The molecule has 1 fully saturated rings. The molecule has 0 radical (unpaired) electrons. The highest BCUT2D eigenvalue weighted by atomic mass is 16.5. The van der Waals surface area contributed by atoms with Crippen LogP contribution in [0.15, 0.2) is 0 Å². The highest BCUT2D eigenvalue weighted by Gasteiger charge is 2.35. The number of aliphatic carboxylic acids is 1. The van der Waals surface area contributed by atoms with Crippen LogP contribution in [0.2, 0.25) is 0 Å². The van der Waals surface area contributed by atoms with E-state index in [4.69, 9.17) is 9.84 Å². The summed E-state index contributed by atoms with van der Waals surface area (Å²) in [5.74, 6) is -1.09. The third-order valence-corrected chi connectivity index (χ3v) is 3.40. The van der Waals surface area contributed by atoms with Gasteiger partial charge >= 0.3 is 5.97 Å². The number of carbonyl (C=O) groups excluding carboxylic acids is 1. The summed E-state index contributed by atoms with van der Waals surface area (Å²) < 4.78 is 5.40. The van der Waals surface area contributed by atoms with Gasteiger partial charge in [-0.3, -0.25) is 9.59 Å². The summed E-state index contributed by atoms with van der Waals surface area (Å²) in [7, 11) is 1.72. The lowest BCUT2D eigenvalue weighted by atomic mass is 9.88. The summed E-state index contributed by atoms with van der Waals surface area (Å²) in [6, 6.07) is 0.0621. The van der Waals surface area contributed by atoms with Crippen LogP contribution >= 0.6 is 0 Å². The molecule has 0 aromatic heterocycles. The summed E-state index contributed by atoms with van der Waals surface area (Å²) in [5.41, 5.74) is -1.02.